The molecule has 6 rings (SSSR count). The van der Waals surface area contributed by atoms with Crippen molar-refractivity contribution in [1.29, 1.82) is 0 Å². The highest BCUT2D eigenvalue weighted by Gasteiger charge is 2.29. The number of hydrogen-bond donors (Lipinski definition) is 2. The molecule has 3 aromatic rings. The van der Waals surface area contributed by atoms with Crippen LogP contribution >= 0.6 is 0 Å². The Hall–Kier alpha value is -4.25. The number of aromatic nitrogens is 3. The molecule has 11 nitrogen and oxygen atoms in total. The quantitative estimate of drug-likeness (QED) is 0.201. The number of carboxylic acids is 1. The average Bonchev–Trinajstić information content (AvgIpc) is 3.74. The van der Waals surface area contributed by atoms with Gasteiger partial charge in [-0.05, 0) is 106 Å². The van der Waals surface area contributed by atoms with Crippen molar-refractivity contribution in [3.8, 4) is 5.69 Å². The smallest absolute Gasteiger partial charge is 0.304 e. The molecule has 0 spiro atoms. The number of carbonyl (C=O) groups excluding carboxylic acids is 2. The lowest BCUT2D eigenvalue weighted by atomic mass is 9.93. The highest BCUT2D eigenvalue weighted by molar-refractivity contribution is 5.81. The number of aryl methyl sites for hydroxylation is 4. The molecule has 0 unspecified atom stereocenters. The minimum Gasteiger partial charge on any atom is -0.481 e. The number of pyridine rings is 1. The third-order valence-corrected chi connectivity index (χ3v) is 11.1. The van der Waals surface area contributed by atoms with E-state index >= 15 is 0 Å². The van der Waals surface area contributed by atoms with Crippen molar-refractivity contribution in [2.45, 2.75) is 91.4 Å². The molecule has 2 aromatic heterocycles. The fourth-order valence-electron chi connectivity index (χ4n) is 8.11. The number of carboxylic acid groups (broad SMARTS) is 1. The molecule has 1 amide bonds. The van der Waals surface area contributed by atoms with Crippen LogP contribution in [0.3, 0.4) is 0 Å². The van der Waals surface area contributed by atoms with E-state index in [-0.39, 0.29) is 29.9 Å². The molecule has 1 aromatic carbocycles. The lowest BCUT2D eigenvalue weighted by Crippen LogP contribution is -2.48. The van der Waals surface area contributed by atoms with Crippen LogP contribution in [0.5, 0.6) is 0 Å². The van der Waals surface area contributed by atoms with E-state index in [1.807, 2.05) is 37.3 Å². The number of anilines is 2. The number of rotatable bonds is 15. The first-order chi connectivity index (χ1) is 25.0. The van der Waals surface area contributed by atoms with Gasteiger partial charge in [0, 0.05) is 87.6 Å². The van der Waals surface area contributed by atoms with Crippen molar-refractivity contribution in [3.05, 3.63) is 64.6 Å². The van der Waals surface area contributed by atoms with Crippen molar-refractivity contribution in [1.82, 2.24) is 24.6 Å². The number of carbonyl (C=O) groups is 3. The van der Waals surface area contributed by atoms with Crippen LogP contribution in [0.15, 0.2) is 36.4 Å². The number of nitrogens with zero attached hydrogens (tertiary/aromatic N) is 6. The number of fused-ring (bicyclic) bond motifs is 1. The zero-order chi connectivity index (χ0) is 36.8. The van der Waals surface area contributed by atoms with Gasteiger partial charge < -0.3 is 25.1 Å². The summed E-state index contributed by atoms with van der Waals surface area (Å²) in [6, 6.07) is 12.9. The molecule has 52 heavy (non-hydrogen) atoms. The molecule has 11 heteroatoms. The van der Waals surface area contributed by atoms with E-state index in [9.17, 15) is 19.5 Å². The number of piperazine rings is 1. The maximum Gasteiger partial charge on any atom is 0.304 e. The number of benzene rings is 1. The summed E-state index contributed by atoms with van der Waals surface area (Å²) in [5.41, 5.74) is 7.37. The zero-order valence-electron chi connectivity index (χ0n) is 31.6. The van der Waals surface area contributed by atoms with Gasteiger partial charge in [-0.25, -0.2) is 9.67 Å². The summed E-state index contributed by atoms with van der Waals surface area (Å²) in [5.74, 6) is 0.944. The van der Waals surface area contributed by atoms with Crippen LogP contribution in [-0.2, 0) is 27.2 Å². The highest BCUT2D eigenvalue weighted by atomic mass is 16.4. The summed E-state index contributed by atoms with van der Waals surface area (Å²) in [7, 11) is 0. The normalized spacial score (nSPS) is 18.4. The molecule has 0 saturated carbocycles. The number of amides is 1. The van der Waals surface area contributed by atoms with E-state index in [4.69, 9.17) is 10.1 Å². The second-order valence-electron chi connectivity index (χ2n) is 15.6. The van der Waals surface area contributed by atoms with Gasteiger partial charge in [0.05, 0.1) is 17.8 Å². The highest BCUT2D eigenvalue weighted by Crippen LogP contribution is 2.32. The first kappa shape index (κ1) is 37.5. The zero-order valence-corrected chi connectivity index (χ0v) is 31.6. The number of likely N-dealkylation sites (tertiary alicyclic amines) is 1. The van der Waals surface area contributed by atoms with Crippen LogP contribution in [0, 0.1) is 25.7 Å². The van der Waals surface area contributed by atoms with Gasteiger partial charge in [0.25, 0.3) is 0 Å². The maximum absolute atomic E-state index is 13.0. The van der Waals surface area contributed by atoms with Gasteiger partial charge in [-0.15, -0.1) is 0 Å². The van der Waals surface area contributed by atoms with Crippen molar-refractivity contribution >= 4 is 29.2 Å². The van der Waals surface area contributed by atoms with Crippen LogP contribution in [0.25, 0.3) is 5.69 Å². The molecular formula is C41H57N7O4. The first-order valence-corrected chi connectivity index (χ1v) is 19.4. The molecular weight excluding hydrogens is 654 g/mol. The minimum absolute atomic E-state index is 0.00193. The van der Waals surface area contributed by atoms with Crippen LogP contribution in [0.4, 0.5) is 11.5 Å². The number of Topliss-reactive ketones (excluding diaryl/α,β-unsaturated/α-hetero) is 1. The van der Waals surface area contributed by atoms with Crippen molar-refractivity contribution in [2.24, 2.45) is 11.8 Å². The summed E-state index contributed by atoms with van der Waals surface area (Å²) in [6.45, 7) is 14.0. The lowest BCUT2D eigenvalue weighted by Gasteiger charge is -2.37. The van der Waals surface area contributed by atoms with E-state index in [2.05, 4.69) is 51.5 Å². The van der Waals surface area contributed by atoms with Crippen molar-refractivity contribution in [3.63, 3.8) is 0 Å². The van der Waals surface area contributed by atoms with Gasteiger partial charge in [0.2, 0.25) is 5.91 Å². The number of nitrogens with one attached hydrogen (secondary N) is 1. The van der Waals surface area contributed by atoms with Gasteiger partial charge in [-0.2, -0.15) is 5.10 Å². The molecule has 0 aliphatic carbocycles. The lowest BCUT2D eigenvalue weighted by molar-refractivity contribution is -0.137. The van der Waals surface area contributed by atoms with E-state index in [0.29, 0.717) is 57.9 Å². The molecule has 0 radical (unpaired) electrons. The molecule has 2 atom stereocenters. The van der Waals surface area contributed by atoms with Crippen LogP contribution in [0.1, 0.15) is 92.9 Å². The molecule has 2 fully saturated rings. The molecule has 2 saturated heterocycles. The first-order valence-electron chi connectivity index (χ1n) is 19.4. The second-order valence-corrected chi connectivity index (χ2v) is 15.6. The van der Waals surface area contributed by atoms with Crippen LogP contribution in [0.2, 0.25) is 0 Å². The number of hydrogen-bond acceptors (Lipinski definition) is 8. The third-order valence-electron chi connectivity index (χ3n) is 11.1. The monoisotopic (exact) mass is 711 g/mol. The maximum atomic E-state index is 13.0. The molecule has 280 valence electrons. The van der Waals surface area contributed by atoms with Crippen molar-refractivity contribution in [2.75, 3.05) is 62.6 Å². The van der Waals surface area contributed by atoms with E-state index in [1.165, 1.54) is 5.56 Å². The Kier molecular flexibility index (Phi) is 12.3. The topological polar surface area (TPSA) is 124 Å². The number of ketones is 1. The van der Waals surface area contributed by atoms with Gasteiger partial charge >= 0.3 is 5.97 Å². The summed E-state index contributed by atoms with van der Waals surface area (Å²) >= 11 is 0. The Morgan fingerprint density at radius 2 is 1.77 bits per heavy atom. The summed E-state index contributed by atoms with van der Waals surface area (Å²) in [4.78, 5) is 48.9. The fourth-order valence-corrected chi connectivity index (χ4v) is 8.11. The summed E-state index contributed by atoms with van der Waals surface area (Å²) < 4.78 is 1.95. The fraction of sp³-hybridized carbons (Fsp3) is 0.585. The minimum atomic E-state index is -0.798. The Morgan fingerprint density at radius 1 is 0.981 bits per heavy atom. The van der Waals surface area contributed by atoms with Gasteiger partial charge in [0.15, 0.2) is 0 Å². The van der Waals surface area contributed by atoms with E-state index in [0.717, 1.165) is 91.6 Å². The van der Waals surface area contributed by atoms with Gasteiger partial charge in [-0.1, -0.05) is 19.9 Å². The van der Waals surface area contributed by atoms with Gasteiger partial charge in [-0.3, -0.25) is 14.4 Å². The largest absolute Gasteiger partial charge is 0.481 e. The molecule has 2 N–H and O–H groups in total. The SMILES string of the molecule is Cc1cc(C)n(-c2cc([C@@H](CC(=O)O)CN3CC[C@@H](CCc4ccc5c(n4)NCCC5)C3)cc(N3CCN(C(=O)CCCC(=O)C(C)C)CC3)c2)n1. The average molecular weight is 712 g/mol. The van der Waals surface area contributed by atoms with Crippen LogP contribution in [-0.4, -0.2) is 99.7 Å². The Balaban J connectivity index is 1.13. The Bertz CT molecular complexity index is 1730. The van der Waals surface area contributed by atoms with Gasteiger partial charge in [0.1, 0.15) is 11.6 Å². The Morgan fingerprint density at radius 3 is 2.50 bits per heavy atom. The predicted octanol–water partition coefficient (Wildman–Crippen LogP) is 5.80. The Labute approximate surface area is 308 Å². The van der Waals surface area contributed by atoms with E-state index < -0.39 is 5.97 Å². The summed E-state index contributed by atoms with van der Waals surface area (Å²) in [5, 5.41) is 18.3. The van der Waals surface area contributed by atoms with Crippen molar-refractivity contribution < 1.29 is 19.5 Å². The van der Waals surface area contributed by atoms with Crippen LogP contribution < -0.4 is 10.2 Å². The predicted molar refractivity (Wildman–Crippen MR) is 204 cm³/mol. The third kappa shape index (κ3) is 9.59. The molecule has 0 bridgehead atoms. The molecule has 3 aliphatic rings. The number of aliphatic carboxylic acids is 1. The molecule has 3 aliphatic heterocycles. The van der Waals surface area contributed by atoms with E-state index in [1.54, 1.807) is 0 Å². The standard InChI is InChI=1S/C41H57N7O4/c1-28(2)38(49)8-5-9-39(50)47-19-17-46(18-20-47)36-22-33(23-37(25-36)48-30(4)21-29(3)44-48)34(24-40(51)52)27-45-16-14-31(26-45)10-12-35-13-11-32-7-6-15-42-41(32)43-35/h11,13,21-23,25,28,31,34H,5-10,12,14-20,24,26-27H2,1-4H3,(H,42,43)(H,51,52)/t31-,34+/m1/s1. The molecule has 5 heterocycles. The second kappa shape index (κ2) is 17.1. The summed E-state index contributed by atoms with van der Waals surface area (Å²) in [6.07, 6.45) is 6.88.